The average molecular weight is 465 g/mol. The van der Waals surface area contributed by atoms with E-state index >= 15 is 0 Å². The fourth-order valence-electron chi connectivity index (χ4n) is 4.03. The van der Waals surface area contributed by atoms with Gasteiger partial charge in [0.1, 0.15) is 4.53 Å². The molecule has 168 valence electrons. The number of thiazole rings is 1. The van der Waals surface area contributed by atoms with Crippen LogP contribution in [-0.2, 0) is 4.79 Å². The maximum Gasteiger partial charge on any atom is 0.291 e. The van der Waals surface area contributed by atoms with Crippen molar-refractivity contribution >= 4 is 33.5 Å². The molecular weight excluding hydrogens is 444 g/mol. The molecule has 0 unspecified atom stereocenters. The standard InChI is InChI=1S/C23H20N4O5S/c1-5-26-14-9-7-6-8-13(14)17(21(26)28)19-22(29)27-23(33-19)24-20(25-27)12-10-15(30-2)18(32-4)16(11-12)31-3/h6-11H,5H2,1-4H3/b19-17-. The number of rotatable bonds is 5. The summed E-state index contributed by atoms with van der Waals surface area (Å²) in [7, 11) is 4.57. The van der Waals surface area contributed by atoms with Crippen molar-refractivity contribution in [3.63, 3.8) is 0 Å². The van der Waals surface area contributed by atoms with Gasteiger partial charge in [-0.3, -0.25) is 9.59 Å². The Bertz CT molecular complexity index is 1500. The molecule has 2 aromatic heterocycles. The quantitative estimate of drug-likeness (QED) is 0.447. The molecule has 2 aromatic carbocycles. The zero-order valence-corrected chi connectivity index (χ0v) is 19.2. The Morgan fingerprint density at radius 3 is 2.30 bits per heavy atom. The highest BCUT2D eigenvalue weighted by Crippen LogP contribution is 2.40. The molecule has 0 saturated heterocycles. The highest BCUT2D eigenvalue weighted by molar-refractivity contribution is 7.15. The maximum absolute atomic E-state index is 13.3. The van der Waals surface area contributed by atoms with Gasteiger partial charge in [0.05, 0.1) is 32.6 Å². The molecule has 1 aliphatic rings. The molecule has 0 N–H and O–H groups in total. The average Bonchev–Trinajstić information content (AvgIpc) is 3.47. The lowest BCUT2D eigenvalue weighted by Crippen LogP contribution is -2.32. The number of methoxy groups -OCH3 is 3. The molecular formula is C23H20N4O5S. The number of anilines is 1. The van der Waals surface area contributed by atoms with Crippen LogP contribution in [0.3, 0.4) is 0 Å². The molecule has 0 bridgehead atoms. The number of hydrogen-bond donors (Lipinski definition) is 0. The van der Waals surface area contributed by atoms with Gasteiger partial charge in [0.15, 0.2) is 17.3 Å². The van der Waals surface area contributed by atoms with E-state index in [1.54, 1.807) is 17.0 Å². The van der Waals surface area contributed by atoms with Crippen LogP contribution in [-0.4, -0.2) is 48.4 Å². The zero-order valence-electron chi connectivity index (χ0n) is 18.4. The van der Waals surface area contributed by atoms with Gasteiger partial charge in [0, 0.05) is 17.7 Å². The van der Waals surface area contributed by atoms with E-state index < -0.39 is 0 Å². The molecule has 1 amide bonds. The minimum absolute atomic E-state index is 0.190. The summed E-state index contributed by atoms with van der Waals surface area (Å²) in [5, 5.41) is 4.41. The molecule has 0 saturated carbocycles. The number of fused-ring (bicyclic) bond motifs is 2. The minimum Gasteiger partial charge on any atom is -0.493 e. The van der Waals surface area contributed by atoms with Crippen LogP contribution in [0.5, 0.6) is 17.2 Å². The van der Waals surface area contributed by atoms with E-state index in [0.717, 1.165) is 22.6 Å². The molecule has 0 aliphatic carbocycles. The highest BCUT2D eigenvalue weighted by atomic mass is 32.1. The van der Waals surface area contributed by atoms with Crippen LogP contribution >= 0.6 is 11.3 Å². The number of hydrogen-bond acceptors (Lipinski definition) is 8. The number of nitrogens with zero attached hydrogens (tertiary/aromatic N) is 4. The van der Waals surface area contributed by atoms with E-state index in [1.807, 2.05) is 31.2 Å². The van der Waals surface area contributed by atoms with Crippen LogP contribution in [0.15, 0.2) is 41.2 Å². The summed E-state index contributed by atoms with van der Waals surface area (Å²) in [4.78, 5) is 33.0. The summed E-state index contributed by atoms with van der Waals surface area (Å²) in [6.45, 7) is 2.42. The van der Waals surface area contributed by atoms with Gasteiger partial charge < -0.3 is 19.1 Å². The number of amides is 1. The number of carbonyl (C=O) groups excluding carboxylic acids is 1. The second-order valence-corrected chi connectivity index (χ2v) is 8.20. The van der Waals surface area contributed by atoms with Gasteiger partial charge in [-0.15, -0.1) is 5.10 Å². The van der Waals surface area contributed by atoms with Crippen LogP contribution < -0.4 is 29.2 Å². The lowest BCUT2D eigenvalue weighted by molar-refractivity contribution is -0.113. The lowest BCUT2D eigenvalue weighted by atomic mass is 10.1. The van der Waals surface area contributed by atoms with Crippen molar-refractivity contribution in [2.75, 3.05) is 32.8 Å². The molecule has 0 spiro atoms. The van der Waals surface area contributed by atoms with Gasteiger partial charge in [0.25, 0.3) is 11.5 Å². The van der Waals surface area contributed by atoms with E-state index in [1.165, 1.54) is 25.8 Å². The Labute approximate surface area is 192 Å². The SMILES string of the molecule is CCN1C(=O)/C(=c2\sc3nc(-c4cc(OC)c(OC)c(OC)c4)nn3c2=O)c2ccccc21. The number of benzene rings is 2. The van der Waals surface area contributed by atoms with Crippen molar-refractivity contribution in [2.24, 2.45) is 0 Å². The monoisotopic (exact) mass is 464 g/mol. The highest BCUT2D eigenvalue weighted by Gasteiger charge is 2.33. The maximum atomic E-state index is 13.3. The second-order valence-electron chi connectivity index (χ2n) is 7.22. The topological polar surface area (TPSA) is 95.3 Å². The summed E-state index contributed by atoms with van der Waals surface area (Å²) in [6.07, 6.45) is 0. The minimum atomic E-state index is -0.378. The van der Waals surface area contributed by atoms with E-state index in [9.17, 15) is 9.59 Å². The van der Waals surface area contributed by atoms with E-state index in [-0.39, 0.29) is 11.5 Å². The van der Waals surface area contributed by atoms with Gasteiger partial charge in [-0.05, 0) is 25.1 Å². The number of ether oxygens (including phenoxy) is 3. The van der Waals surface area contributed by atoms with Crippen LogP contribution in [0.1, 0.15) is 12.5 Å². The Morgan fingerprint density at radius 1 is 1.00 bits per heavy atom. The van der Waals surface area contributed by atoms with Crippen LogP contribution in [0.2, 0.25) is 0 Å². The van der Waals surface area contributed by atoms with Gasteiger partial charge in [-0.1, -0.05) is 29.5 Å². The summed E-state index contributed by atoms with van der Waals surface area (Å²) in [6, 6.07) is 10.9. The molecule has 0 fully saturated rings. The molecule has 5 rings (SSSR count). The zero-order chi connectivity index (χ0) is 23.3. The first-order valence-corrected chi connectivity index (χ1v) is 11.0. The van der Waals surface area contributed by atoms with Crippen LogP contribution in [0.25, 0.3) is 21.9 Å². The number of aromatic nitrogens is 3. The Kier molecular flexibility index (Phi) is 5.01. The van der Waals surface area contributed by atoms with E-state index in [4.69, 9.17) is 14.2 Å². The fourth-order valence-corrected chi connectivity index (χ4v) is 5.03. The third-order valence-corrected chi connectivity index (χ3v) is 6.58. The van der Waals surface area contributed by atoms with Gasteiger partial charge >= 0.3 is 0 Å². The van der Waals surface area contributed by atoms with Crippen molar-refractivity contribution < 1.29 is 19.0 Å². The second kappa shape index (κ2) is 7.89. The van der Waals surface area contributed by atoms with Crippen molar-refractivity contribution in [3.05, 3.63) is 56.8 Å². The largest absolute Gasteiger partial charge is 0.493 e. The predicted octanol–water partition coefficient (Wildman–Crippen LogP) is 2.13. The molecule has 10 heteroatoms. The molecule has 0 radical (unpaired) electrons. The molecule has 1 aliphatic heterocycles. The van der Waals surface area contributed by atoms with E-state index in [0.29, 0.717) is 50.2 Å². The Balaban J connectivity index is 1.69. The number of likely N-dealkylation sites (N-methyl/N-ethyl adjacent to an activating group) is 1. The van der Waals surface area contributed by atoms with E-state index in [2.05, 4.69) is 10.1 Å². The third-order valence-electron chi connectivity index (χ3n) is 5.55. The smallest absolute Gasteiger partial charge is 0.291 e. The van der Waals surface area contributed by atoms with Gasteiger partial charge in [0.2, 0.25) is 10.7 Å². The number of carbonyl (C=O) groups is 1. The summed E-state index contributed by atoms with van der Waals surface area (Å²) < 4.78 is 17.7. The predicted molar refractivity (Wildman–Crippen MR) is 124 cm³/mol. The Morgan fingerprint density at radius 2 is 1.70 bits per heavy atom. The van der Waals surface area contributed by atoms with Crippen molar-refractivity contribution in [3.8, 4) is 28.6 Å². The van der Waals surface area contributed by atoms with Crippen molar-refractivity contribution in [1.82, 2.24) is 14.6 Å². The molecule has 33 heavy (non-hydrogen) atoms. The lowest BCUT2D eigenvalue weighted by Gasteiger charge is -2.13. The van der Waals surface area contributed by atoms with Gasteiger partial charge in [-0.25, -0.2) is 0 Å². The van der Waals surface area contributed by atoms with Crippen molar-refractivity contribution in [1.29, 1.82) is 0 Å². The number of para-hydroxylation sites is 1. The molecule has 4 aromatic rings. The molecule has 3 heterocycles. The summed E-state index contributed by atoms with van der Waals surface area (Å²) in [5.41, 5.74) is 2.17. The van der Waals surface area contributed by atoms with Gasteiger partial charge in [-0.2, -0.15) is 9.50 Å². The Hall–Kier alpha value is -3.92. The molecule has 9 nitrogen and oxygen atoms in total. The molecule has 0 atom stereocenters. The van der Waals surface area contributed by atoms with Crippen LogP contribution in [0, 0.1) is 0 Å². The third kappa shape index (κ3) is 3.05. The van der Waals surface area contributed by atoms with Crippen molar-refractivity contribution in [2.45, 2.75) is 6.92 Å². The summed E-state index contributed by atoms with van der Waals surface area (Å²) in [5.74, 6) is 1.51. The fraction of sp³-hybridized carbons (Fsp3) is 0.217. The normalized spacial score (nSPS) is 14.7. The first-order valence-electron chi connectivity index (χ1n) is 10.2. The first kappa shape index (κ1) is 21.0. The van der Waals surface area contributed by atoms with Crippen LogP contribution in [0.4, 0.5) is 5.69 Å². The first-order chi connectivity index (χ1) is 16.0. The summed E-state index contributed by atoms with van der Waals surface area (Å²) >= 11 is 1.15.